The summed E-state index contributed by atoms with van der Waals surface area (Å²) in [5.41, 5.74) is 2.55. The van der Waals surface area contributed by atoms with Crippen molar-refractivity contribution in [1.29, 1.82) is 0 Å². The van der Waals surface area contributed by atoms with Gasteiger partial charge in [0.2, 0.25) is 6.04 Å². The summed E-state index contributed by atoms with van der Waals surface area (Å²) in [6.45, 7) is 2.62. The maximum absolute atomic E-state index is 11.9. The molecule has 0 aliphatic heterocycles. The molecule has 5 nitrogen and oxygen atoms in total. The molecule has 0 aromatic heterocycles. The summed E-state index contributed by atoms with van der Waals surface area (Å²) >= 11 is 0. The van der Waals surface area contributed by atoms with Crippen LogP contribution in [0.3, 0.4) is 0 Å². The molecule has 2 rings (SSSR count). The lowest BCUT2D eigenvalue weighted by molar-refractivity contribution is -0.144. The van der Waals surface area contributed by atoms with Crippen molar-refractivity contribution in [3.05, 3.63) is 70.6 Å². The molecule has 0 aliphatic carbocycles. The Labute approximate surface area is 135 Å². The average molecular weight is 312 g/mol. The van der Waals surface area contributed by atoms with Crippen LogP contribution in [0.4, 0.5) is 5.69 Å². The van der Waals surface area contributed by atoms with Gasteiger partial charge in [-0.1, -0.05) is 42.5 Å². The van der Waals surface area contributed by atoms with E-state index in [1.54, 1.807) is 19.1 Å². The van der Waals surface area contributed by atoms with Crippen LogP contribution in [0.15, 0.2) is 59.8 Å². The highest BCUT2D eigenvalue weighted by atomic mass is 16.5. The summed E-state index contributed by atoms with van der Waals surface area (Å²) in [7, 11) is 0. The van der Waals surface area contributed by atoms with E-state index in [0.717, 1.165) is 11.3 Å². The van der Waals surface area contributed by atoms with Gasteiger partial charge in [0.05, 0.1) is 6.61 Å². The van der Waals surface area contributed by atoms with Crippen molar-refractivity contribution in [2.24, 2.45) is 5.18 Å². The van der Waals surface area contributed by atoms with E-state index in [9.17, 15) is 9.70 Å². The van der Waals surface area contributed by atoms with Crippen LogP contribution in [0.2, 0.25) is 0 Å². The van der Waals surface area contributed by atoms with Gasteiger partial charge in [-0.3, -0.25) is 0 Å². The zero-order valence-electron chi connectivity index (χ0n) is 13.1. The third kappa shape index (κ3) is 4.64. The minimum Gasteiger partial charge on any atom is -0.464 e. The standard InChI is InChI=1S/C18H20N2O3/c1-2-23-18(21)17(20-22)16-11-7-6-8-14(16)12-13-19-15-9-4-3-5-10-15/h3-11,17,19H,2,12-13H2,1H3. The van der Waals surface area contributed by atoms with Gasteiger partial charge in [-0.25, -0.2) is 4.79 Å². The van der Waals surface area contributed by atoms with Crippen molar-refractivity contribution in [2.75, 3.05) is 18.5 Å². The molecule has 0 heterocycles. The van der Waals surface area contributed by atoms with Gasteiger partial charge in [0, 0.05) is 12.2 Å². The fourth-order valence-electron chi connectivity index (χ4n) is 2.37. The van der Waals surface area contributed by atoms with Crippen molar-refractivity contribution in [1.82, 2.24) is 0 Å². The lowest BCUT2D eigenvalue weighted by Gasteiger charge is -2.14. The topological polar surface area (TPSA) is 67.8 Å². The van der Waals surface area contributed by atoms with Crippen LogP contribution in [0, 0.1) is 4.91 Å². The van der Waals surface area contributed by atoms with Crippen LogP contribution in [-0.2, 0) is 16.0 Å². The first-order chi connectivity index (χ1) is 11.3. The van der Waals surface area contributed by atoms with Gasteiger partial charge in [0.25, 0.3) is 0 Å². The van der Waals surface area contributed by atoms with E-state index in [1.807, 2.05) is 42.5 Å². The van der Waals surface area contributed by atoms with Crippen LogP contribution in [0.5, 0.6) is 0 Å². The number of benzene rings is 2. The van der Waals surface area contributed by atoms with Gasteiger partial charge < -0.3 is 10.1 Å². The maximum Gasteiger partial charge on any atom is 0.339 e. The van der Waals surface area contributed by atoms with E-state index < -0.39 is 12.0 Å². The Morgan fingerprint density at radius 3 is 2.52 bits per heavy atom. The molecule has 2 aromatic rings. The Kier molecular flexibility index (Phi) is 6.29. The van der Waals surface area contributed by atoms with Gasteiger partial charge in [-0.2, -0.15) is 0 Å². The number of rotatable bonds is 8. The molecule has 1 N–H and O–H groups in total. The number of nitrogens with zero attached hydrogens (tertiary/aromatic N) is 1. The molecule has 2 aromatic carbocycles. The molecule has 23 heavy (non-hydrogen) atoms. The van der Waals surface area contributed by atoms with Crippen molar-refractivity contribution in [3.63, 3.8) is 0 Å². The van der Waals surface area contributed by atoms with Crippen LogP contribution in [0.1, 0.15) is 24.1 Å². The molecule has 0 spiro atoms. The molecular weight excluding hydrogens is 292 g/mol. The fraction of sp³-hybridized carbons (Fsp3) is 0.278. The third-order valence-electron chi connectivity index (χ3n) is 3.46. The molecule has 5 heteroatoms. The predicted molar refractivity (Wildman–Crippen MR) is 90.2 cm³/mol. The second-order valence-corrected chi connectivity index (χ2v) is 5.00. The Bertz CT molecular complexity index is 644. The molecule has 0 aliphatic rings. The minimum absolute atomic E-state index is 0.225. The normalized spacial score (nSPS) is 11.5. The van der Waals surface area contributed by atoms with Gasteiger partial charge >= 0.3 is 5.97 Å². The summed E-state index contributed by atoms with van der Waals surface area (Å²) in [5.74, 6) is -0.606. The first-order valence-electron chi connectivity index (χ1n) is 7.62. The van der Waals surface area contributed by atoms with Crippen LogP contribution in [0.25, 0.3) is 0 Å². The summed E-state index contributed by atoms with van der Waals surface area (Å²) < 4.78 is 4.93. The molecular formula is C18H20N2O3. The smallest absolute Gasteiger partial charge is 0.339 e. The van der Waals surface area contributed by atoms with E-state index in [4.69, 9.17) is 4.74 Å². The molecule has 0 saturated carbocycles. The lowest BCUT2D eigenvalue weighted by atomic mass is 9.98. The highest BCUT2D eigenvalue weighted by Gasteiger charge is 2.25. The van der Waals surface area contributed by atoms with E-state index in [1.165, 1.54) is 0 Å². The second-order valence-electron chi connectivity index (χ2n) is 5.00. The summed E-state index contributed by atoms with van der Waals surface area (Å²) in [4.78, 5) is 23.0. The molecule has 0 bridgehead atoms. The van der Waals surface area contributed by atoms with E-state index >= 15 is 0 Å². The SMILES string of the molecule is CCOC(=O)C(N=O)c1ccccc1CCNc1ccccc1. The molecule has 0 fully saturated rings. The molecule has 1 atom stereocenters. The largest absolute Gasteiger partial charge is 0.464 e. The van der Waals surface area contributed by atoms with Gasteiger partial charge in [-0.15, -0.1) is 4.91 Å². The number of esters is 1. The highest BCUT2D eigenvalue weighted by molar-refractivity contribution is 5.78. The minimum atomic E-state index is -1.11. The first-order valence-corrected chi connectivity index (χ1v) is 7.62. The highest BCUT2D eigenvalue weighted by Crippen LogP contribution is 2.23. The Morgan fingerprint density at radius 1 is 1.13 bits per heavy atom. The maximum atomic E-state index is 11.9. The van der Waals surface area contributed by atoms with Crippen LogP contribution in [-0.4, -0.2) is 19.1 Å². The molecule has 0 amide bonds. The van der Waals surface area contributed by atoms with Crippen molar-refractivity contribution >= 4 is 11.7 Å². The van der Waals surface area contributed by atoms with Gasteiger partial charge in [0.1, 0.15) is 0 Å². The van der Waals surface area contributed by atoms with Crippen LogP contribution < -0.4 is 5.32 Å². The number of nitroso groups, excluding NO2 is 1. The summed E-state index contributed by atoms with van der Waals surface area (Å²) in [6, 6.07) is 16.1. The number of nitrogens with one attached hydrogen (secondary N) is 1. The van der Waals surface area contributed by atoms with E-state index in [2.05, 4.69) is 10.5 Å². The molecule has 120 valence electrons. The van der Waals surface area contributed by atoms with Crippen molar-refractivity contribution in [3.8, 4) is 0 Å². The fourth-order valence-corrected chi connectivity index (χ4v) is 2.37. The number of ether oxygens (including phenoxy) is 1. The first kappa shape index (κ1) is 16.7. The average Bonchev–Trinajstić information content (AvgIpc) is 2.58. The van der Waals surface area contributed by atoms with E-state index in [0.29, 0.717) is 18.5 Å². The van der Waals surface area contributed by atoms with Gasteiger partial charge in [0.15, 0.2) is 0 Å². The predicted octanol–water partition coefficient (Wildman–Crippen LogP) is 3.71. The number of hydrogen-bond donors (Lipinski definition) is 1. The quantitative estimate of drug-likeness (QED) is 0.596. The Morgan fingerprint density at radius 2 is 1.83 bits per heavy atom. The number of para-hydroxylation sites is 1. The zero-order chi connectivity index (χ0) is 16.5. The lowest BCUT2D eigenvalue weighted by Crippen LogP contribution is -2.16. The Hall–Kier alpha value is -2.69. The summed E-state index contributed by atoms with van der Waals surface area (Å²) in [5, 5.41) is 6.27. The van der Waals surface area contributed by atoms with Crippen molar-refractivity contribution in [2.45, 2.75) is 19.4 Å². The number of carbonyl (C=O) groups is 1. The Balaban J connectivity index is 2.07. The summed E-state index contributed by atoms with van der Waals surface area (Å²) in [6.07, 6.45) is 0.677. The third-order valence-corrected chi connectivity index (χ3v) is 3.46. The number of anilines is 1. The molecule has 1 unspecified atom stereocenters. The van der Waals surface area contributed by atoms with Crippen LogP contribution >= 0.6 is 0 Å². The van der Waals surface area contributed by atoms with E-state index in [-0.39, 0.29) is 6.61 Å². The number of hydrogen-bond acceptors (Lipinski definition) is 5. The molecule has 0 saturated heterocycles. The van der Waals surface area contributed by atoms with Crippen molar-refractivity contribution < 1.29 is 9.53 Å². The second kappa shape index (κ2) is 8.68. The molecule has 0 radical (unpaired) electrons. The zero-order valence-corrected chi connectivity index (χ0v) is 13.1. The van der Waals surface area contributed by atoms with Gasteiger partial charge in [-0.05, 0) is 41.8 Å². The number of carbonyl (C=O) groups excluding carboxylic acids is 1. The monoisotopic (exact) mass is 312 g/mol.